The molecule has 1 aliphatic rings. The second kappa shape index (κ2) is 4.78. The van der Waals surface area contributed by atoms with Gasteiger partial charge in [-0.25, -0.2) is 4.79 Å². The van der Waals surface area contributed by atoms with Crippen LogP contribution in [-0.2, 0) is 0 Å². The predicted molar refractivity (Wildman–Crippen MR) is 68.9 cm³/mol. The fourth-order valence-corrected chi connectivity index (χ4v) is 2.40. The number of rotatable bonds is 3. The molecule has 0 radical (unpaired) electrons. The molecule has 1 N–H and O–H groups in total. The largest absolute Gasteiger partial charge is 0.478 e. The third-order valence-corrected chi connectivity index (χ3v) is 3.34. The first-order valence-electron chi connectivity index (χ1n) is 6.22. The van der Waals surface area contributed by atoms with Crippen molar-refractivity contribution in [1.82, 2.24) is 0 Å². The fourth-order valence-electron chi connectivity index (χ4n) is 2.40. The van der Waals surface area contributed by atoms with Crippen LogP contribution in [0.3, 0.4) is 0 Å². The summed E-state index contributed by atoms with van der Waals surface area (Å²) in [6.45, 7) is 6.40. The molecule has 1 heterocycles. The summed E-state index contributed by atoms with van der Waals surface area (Å²) in [6.07, 6.45) is 2.47. The first kappa shape index (κ1) is 12.0. The second-order valence-electron chi connectivity index (χ2n) is 4.93. The Morgan fingerprint density at radius 2 is 1.94 bits per heavy atom. The molecule has 0 amide bonds. The van der Waals surface area contributed by atoms with E-state index in [1.54, 1.807) is 6.07 Å². The maximum atomic E-state index is 11.0. The minimum atomic E-state index is -0.847. The van der Waals surface area contributed by atoms with E-state index in [1.165, 1.54) is 18.5 Å². The topological polar surface area (TPSA) is 40.5 Å². The van der Waals surface area contributed by atoms with Crippen molar-refractivity contribution in [2.45, 2.75) is 32.6 Å². The number of aromatic carboxylic acids is 1. The number of hydrogen-bond donors (Lipinski definition) is 1. The average molecular weight is 233 g/mol. The molecule has 0 bridgehead atoms. The van der Waals surface area contributed by atoms with Crippen molar-refractivity contribution in [2.75, 3.05) is 18.0 Å². The Bertz CT molecular complexity index is 420. The van der Waals surface area contributed by atoms with Gasteiger partial charge in [-0.1, -0.05) is 13.8 Å². The Morgan fingerprint density at radius 1 is 1.29 bits per heavy atom. The van der Waals surface area contributed by atoms with Crippen LogP contribution in [0.5, 0.6) is 0 Å². The first-order valence-corrected chi connectivity index (χ1v) is 6.22. The monoisotopic (exact) mass is 233 g/mol. The zero-order chi connectivity index (χ0) is 12.4. The van der Waals surface area contributed by atoms with E-state index in [0.29, 0.717) is 11.5 Å². The molecule has 1 aromatic carbocycles. The number of benzene rings is 1. The van der Waals surface area contributed by atoms with Crippen LogP contribution in [0.2, 0.25) is 0 Å². The lowest BCUT2D eigenvalue weighted by molar-refractivity contribution is 0.0697. The first-order chi connectivity index (χ1) is 8.09. The number of nitrogens with zero attached hydrogens (tertiary/aromatic N) is 1. The smallest absolute Gasteiger partial charge is 0.335 e. The molecular formula is C14H19NO2. The highest BCUT2D eigenvalue weighted by Gasteiger charge is 2.18. The van der Waals surface area contributed by atoms with Crippen LogP contribution in [0.1, 0.15) is 48.5 Å². The minimum Gasteiger partial charge on any atom is -0.478 e. The van der Waals surface area contributed by atoms with Crippen LogP contribution >= 0.6 is 0 Å². The van der Waals surface area contributed by atoms with E-state index in [-0.39, 0.29) is 0 Å². The number of carboxylic acids is 1. The van der Waals surface area contributed by atoms with Gasteiger partial charge in [0.25, 0.3) is 0 Å². The lowest BCUT2D eigenvalue weighted by Crippen LogP contribution is -2.20. The third-order valence-electron chi connectivity index (χ3n) is 3.34. The number of carbonyl (C=O) groups is 1. The Hall–Kier alpha value is -1.51. The summed E-state index contributed by atoms with van der Waals surface area (Å²) in [5.41, 5.74) is 2.74. The van der Waals surface area contributed by atoms with Gasteiger partial charge in [0.1, 0.15) is 0 Å². The van der Waals surface area contributed by atoms with Crippen molar-refractivity contribution in [3.05, 3.63) is 29.3 Å². The van der Waals surface area contributed by atoms with Crippen LogP contribution in [0.15, 0.2) is 18.2 Å². The van der Waals surface area contributed by atoms with E-state index in [1.807, 2.05) is 12.1 Å². The van der Waals surface area contributed by atoms with Crippen molar-refractivity contribution in [1.29, 1.82) is 0 Å². The summed E-state index contributed by atoms with van der Waals surface area (Å²) < 4.78 is 0. The van der Waals surface area contributed by atoms with Crippen LogP contribution in [0.25, 0.3) is 0 Å². The molecule has 1 saturated heterocycles. The van der Waals surface area contributed by atoms with E-state index in [2.05, 4.69) is 18.7 Å². The van der Waals surface area contributed by atoms with Gasteiger partial charge in [-0.2, -0.15) is 0 Å². The molecule has 0 aromatic heterocycles. The molecule has 0 atom stereocenters. The molecule has 0 spiro atoms. The van der Waals surface area contributed by atoms with Gasteiger partial charge >= 0.3 is 5.97 Å². The number of anilines is 1. The lowest BCUT2D eigenvalue weighted by Gasteiger charge is -2.23. The number of hydrogen-bond acceptors (Lipinski definition) is 2. The summed E-state index contributed by atoms with van der Waals surface area (Å²) in [7, 11) is 0. The van der Waals surface area contributed by atoms with Gasteiger partial charge in [-0.05, 0) is 42.5 Å². The standard InChI is InChI=1S/C14H19NO2/c1-10(2)12-9-11(14(16)17)5-6-13(12)15-7-3-4-8-15/h5-6,9-10H,3-4,7-8H2,1-2H3,(H,16,17). The quantitative estimate of drug-likeness (QED) is 0.872. The highest BCUT2D eigenvalue weighted by atomic mass is 16.4. The summed E-state index contributed by atoms with van der Waals surface area (Å²) in [4.78, 5) is 13.4. The van der Waals surface area contributed by atoms with Gasteiger partial charge in [-0.3, -0.25) is 0 Å². The molecule has 1 aliphatic heterocycles. The van der Waals surface area contributed by atoms with Crippen molar-refractivity contribution in [3.8, 4) is 0 Å². The van der Waals surface area contributed by atoms with Crippen molar-refractivity contribution in [2.24, 2.45) is 0 Å². The third kappa shape index (κ3) is 2.43. The van der Waals surface area contributed by atoms with E-state index in [4.69, 9.17) is 5.11 Å². The molecule has 1 fully saturated rings. The van der Waals surface area contributed by atoms with Gasteiger partial charge < -0.3 is 10.0 Å². The second-order valence-corrected chi connectivity index (χ2v) is 4.93. The Labute approximate surface area is 102 Å². The van der Waals surface area contributed by atoms with Crippen molar-refractivity contribution < 1.29 is 9.90 Å². The van der Waals surface area contributed by atoms with E-state index in [9.17, 15) is 4.79 Å². The van der Waals surface area contributed by atoms with Crippen LogP contribution in [0, 0.1) is 0 Å². The molecule has 17 heavy (non-hydrogen) atoms. The van der Waals surface area contributed by atoms with Crippen molar-refractivity contribution >= 4 is 11.7 Å². The lowest BCUT2D eigenvalue weighted by atomic mass is 9.98. The maximum absolute atomic E-state index is 11.0. The van der Waals surface area contributed by atoms with Gasteiger partial charge in [0.05, 0.1) is 5.56 Å². The Kier molecular flexibility index (Phi) is 3.36. The molecule has 1 aromatic rings. The summed E-state index contributed by atoms with van der Waals surface area (Å²) >= 11 is 0. The van der Waals surface area contributed by atoms with Crippen molar-refractivity contribution in [3.63, 3.8) is 0 Å². The van der Waals surface area contributed by atoms with Gasteiger partial charge in [0.15, 0.2) is 0 Å². The van der Waals surface area contributed by atoms with Gasteiger partial charge in [0.2, 0.25) is 0 Å². The molecule has 3 nitrogen and oxygen atoms in total. The predicted octanol–water partition coefficient (Wildman–Crippen LogP) is 3.11. The normalized spacial score (nSPS) is 15.6. The zero-order valence-corrected chi connectivity index (χ0v) is 10.4. The molecule has 0 aliphatic carbocycles. The SMILES string of the molecule is CC(C)c1cc(C(=O)O)ccc1N1CCCC1. The highest BCUT2D eigenvalue weighted by molar-refractivity contribution is 5.88. The summed E-state index contributed by atoms with van der Waals surface area (Å²) in [5.74, 6) is -0.496. The minimum absolute atomic E-state index is 0.352. The highest BCUT2D eigenvalue weighted by Crippen LogP contribution is 2.30. The summed E-state index contributed by atoms with van der Waals surface area (Å²) in [5, 5.41) is 9.03. The molecule has 0 unspecified atom stereocenters. The molecule has 92 valence electrons. The van der Waals surface area contributed by atoms with Gasteiger partial charge in [-0.15, -0.1) is 0 Å². The van der Waals surface area contributed by atoms with Crippen LogP contribution in [0.4, 0.5) is 5.69 Å². The van der Waals surface area contributed by atoms with Crippen LogP contribution in [-0.4, -0.2) is 24.2 Å². The fraction of sp³-hybridized carbons (Fsp3) is 0.500. The Balaban J connectivity index is 2.40. The zero-order valence-electron chi connectivity index (χ0n) is 10.4. The van der Waals surface area contributed by atoms with Gasteiger partial charge in [0, 0.05) is 18.8 Å². The Morgan fingerprint density at radius 3 is 2.47 bits per heavy atom. The molecule has 2 rings (SSSR count). The van der Waals surface area contributed by atoms with E-state index >= 15 is 0 Å². The summed E-state index contributed by atoms with van der Waals surface area (Å²) in [6, 6.07) is 5.49. The van der Waals surface area contributed by atoms with E-state index < -0.39 is 5.97 Å². The van der Waals surface area contributed by atoms with E-state index in [0.717, 1.165) is 18.7 Å². The maximum Gasteiger partial charge on any atom is 0.335 e. The molecule has 3 heteroatoms. The van der Waals surface area contributed by atoms with Crippen LogP contribution < -0.4 is 4.90 Å². The number of carboxylic acid groups (broad SMARTS) is 1. The molecular weight excluding hydrogens is 214 g/mol. The average Bonchev–Trinajstić information content (AvgIpc) is 2.81. The molecule has 0 saturated carbocycles.